The van der Waals surface area contributed by atoms with E-state index in [2.05, 4.69) is 12.6 Å². The summed E-state index contributed by atoms with van der Waals surface area (Å²) in [7, 11) is 0. The molecule has 2 unspecified atom stereocenters. The van der Waals surface area contributed by atoms with Crippen LogP contribution in [-0.4, -0.2) is 54.8 Å². The van der Waals surface area contributed by atoms with Crippen molar-refractivity contribution in [2.24, 2.45) is 0 Å². The molecule has 1 saturated heterocycles. The third kappa shape index (κ3) is 5.90. The summed E-state index contributed by atoms with van der Waals surface area (Å²) in [6.07, 6.45) is 0.570. The van der Waals surface area contributed by atoms with Crippen LogP contribution in [0.4, 0.5) is 0 Å². The maximum absolute atomic E-state index is 11.2. The summed E-state index contributed by atoms with van der Waals surface area (Å²) in [6.45, 7) is 1.66. The lowest BCUT2D eigenvalue weighted by molar-refractivity contribution is -0.148. The Bertz CT molecular complexity index is 264. The number of hydrogen-bond acceptors (Lipinski definition) is 6. The number of carbonyl (C=O) groups is 2. The summed E-state index contributed by atoms with van der Waals surface area (Å²) in [4.78, 5) is 21.6. The van der Waals surface area contributed by atoms with Crippen LogP contribution in [0, 0.1) is 0 Å². The molecule has 1 heterocycles. The SMILES string of the molecule is O=C(O)CC(S)C(=O)OCCOC1CCOC1. The van der Waals surface area contributed by atoms with Gasteiger partial charge in [-0.15, -0.1) is 0 Å². The standard InChI is InChI=1S/C10H16O6S/c11-9(12)5-8(17)10(13)16-4-3-15-7-1-2-14-6-7/h7-8,17H,1-6H2,(H,11,12). The number of carbonyl (C=O) groups excluding carboxylic acids is 1. The number of thiol groups is 1. The molecule has 0 radical (unpaired) electrons. The fourth-order valence-electron chi connectivity index (χ4n) is 1.35. The number of carboxylic acids is 1. The molecular weight excluding hydrogens is 248 g/mol. The van der Waals surface area contributed by atoms with Crippen molar-refractivity contribution >= 4 is 24.6 Å². The second-order valence-corrected chi connectivity index (χ2v) is 4.26. The van der Waals surface area contributed by atoms with Gasteiger partial charge in [-0.3, -0.25) is 9.59 Å². The van der Waals surface area contributed by atoms with Crippen LogP contribution in [0.5, 0.6) is 0 Å². The molecule has 98 valence electrons. The molecule has 2 atom stereocenters. The van der Waals surface area contributed by atoms with Crippen LogP contribution in [0.15, 0.2) is 0 Å². The predicted molar refractivity (Wildman–Crippen MR) is 61.2 cm³/mol. The fourth-order valence-corrected chi connectivity index (χ4v) is 1.58. The molecule has 1 fully saturated rings. The minimum atomic E-state index is -1.08. The van der Waals surface area contributed by atoms with Crippen molar-refractivity contribution in [1.29, 1.82) is 0 Å². The molecule has 7 heteroatoms. The highest BCUT2D eigenvalue weighted by Crippen LogP contribution is 2.08. The van der Waals surface area contributed by atoms with Gasteiger partial charge in [0.15, 0.2) is 0 Å². The molecule has 6 nitrogen and oxygen atoms in total. The van der Waals surface area contributed by atoms with Crippen molar-refractivity contribution in [3.8, 4) is 0 Å². The third-order valence-electron chi connectivity index (χ3n) is 2.21. The van der Waals surface area contributed by atoms with Crippen molar-refractivity contribution in [2.75, 3.05) is 26.4 Å². The van der Waals surface area contributed by atoms with Crippen LogP contribution in [-0.2, 0) is 23.8 Å². The molecule has 17 heavy (non-hydrogen) atoms. The normalized spacial score (nSPS) is 21.1. The highest BCUT2D eigenvalue weighted by molar-refractivity contribution is 7.81. The van der Waals surface area contributed by atoms with E-state index < -0.39 is 17.2 Å². The quantitative estimate of drug-likeness (QED) is 0.386. The first-order chi connectivity index (χ1) is 8.09. The monoisotopic (exact) mass is 264 g/mol. The Morgan fingerprint density at radius 3 is 2.82 bits per heavy atom. The zero-order valence-electron chi connectivity index (χ0n) is 9.33. The third-order valence-corrected chi connectivity index (χ3v) is 2.60. The average Bonchev–Trinajstić information content (AvgIpc) is 2.75. The van der Waals surface area contributed by atoms with E-state index in [-0.39, 0.29) is 25.7 Å². The average molecular weight is 264 g/mol. The van der Waals surface area contributed by atoms with E-state index in [1.807, 2.05) is 0 Å². The highest BCUT2D eigenvalue weighted by Gasteiger charge is 2.19. The maximum Gasteiger partial charge on any atom is 0.319 e. The summed E-state index contributed by atoms with van der Waals surface area (Å²) >= 11 is 3.84. The first-order valence-electron chi connectivity index (χ1n) is 5.35. The van der Waals surface area contributed by atoms with Gasteiger partial charge in [0, 0.05) is 6.61 Å². The predicted octanol–water partition coefficient (Wildman–Crippen LogP) is 0.108. The first kappa shape index (κ1) is 14.3. The van der Waals surface area contributed by atoms with Gasteiger partial charge in [0.05, 0.1) is 25.7 Å². The van der Waals surface area contributed by atoms with Crippen LogP contribution in [0.2, 0.25) is 0 Å². The molecule has 1 N–H and O–H groups in total. The topological polar surface area (TPSA) is 82.1 Å². The molecule has 0 aromatic rings. The Labute approximate surface area is 105 Å². The lowest BCUT2D eigenvalue weighted by Crippen LogP contribution is -2.24. The van der Waals surface area contributed by atoms with Crippen LogP contribution < -0.4 is 0 Å². The zero-order chi connectivity index (χ0) is 12.7. The Morgan fingerprint density at radius 2 is 2.24 bits per heavy atom. The minimum Gasteiger partial charge on any atom is -0.481 e. The van der Waals surface area contributed by atoms with E-state index in [1.165, 1.54) is 0 Å². The number of hydrogen-bond donors (Lipinski definition) is 2. The van der Waals surface area contributed by atoms with Crippen molar-refractivity contribution < 1.29 is 28.9 Å². The van der Waals surface area contributed by atoms with Gasteiger partial charge in [-0.2, -0.15) is 12.6 Å². The van der Waals surface area contributed by atoms with Gasteiger partial charge in [0.25, 0.3) is 0 Å². The molecular formula is C10H16O6S. The molecule has 0 spiro atoms. The fraction of sp³-hybridized carbons (Fsp3) is 0.800. The van der Waals surface area contributed by atoms with Gasteiger partial charge in [0.2, 0.25) is 0 Å². The zero-order valence-corrected chi connectivity index (χ0v) is 10.2. The molecule has 0 aromatic carbocycles. The smallest absolute Gasteiger partial charge is 0.319 e. The molecule has 0 saturated carbocycles. The number of ether oxygens (including phenoxy) is 3. The van der Waals surface area contributed by atoms with Gasteiger partial charge in [-0.05, 0) is 6.42 Å². The Kier molecular flexibility index (Phi) is 6.31. The minimum absolute atomic E-state index is 0.0690. The van der Waals surface area contributed by atoms with E-state index in [9.17, 15) is 9.59 Å². The molecule has 1 rings (SSSR count). The van der Waals surface area contributed by atoms with Gasteiger partial charge < -0.3 is 19.3 Å². The molecule has 0 bridgehead atoms. The first-order valence-corrected chi connectivity index (χ1v) is 5.87. The van der Waals surface area contributed by atoms with E-state index in [1.54, 1.807) is 0 Å². The Morgan fingerprint density at radius 1 is 1.47 bits per heavy atom. The largest absolute Gasteiger partial charge is 0.481 e. The van der Waals surface area contributed by atoms with Crippen LogP contribution in [0.3, 0.4) is 0 Å². The molecule has 1 aliphatic heterocycles. The lowest BCUT2D eigenvalue weighted by atomic mass is 10.3. The van der Waals surface area contributed by atoms with E-state index in [0.29, 0.717) is 13.2 Å². The summed E-state index contributed by atoms with van der Waals surface area (Å²) in [5.74, 6) is -1.72. The van der Waals surface area contributed by atoms with Crippen LogP contribution in [0.1, 0.15) is 12.8 Å². The van der Waals surface area contributed by atoms with E-state index in [0.717, 1.165) is 6.42 Å². The van der Waals surface area contributed by atoms with Gasteiger partial charge in [0.1, 0.15) is 11.9 Å². The van der Waals surface area contributed by atoms with Gasteiger partial charge >= 0.3 is 11.9 Å². The number of carboxylic acid groups (broad SMARTS) is 1. The second-order valence-electron chi connectivity index (χ2n) is 3.64. The highest BCUT2D eigenvalue weighted by atomic mass is 32.1. The molecule has 0 aliphatic carbocycles. The molecule has 0 amide bonds. The summed E-state index contributed by atoms with van der Waals surface area (Å²) < 4.78 is 15.3. The van der Waals surface area contributed by atoms with Crippen LogP contribution in [0.25, 0.3) is 0 Å². The van der Waals surface area contributed by atoms with Crippen molar-refractivity contribution in [3.63, 3.8) is 0 Å². The van der Waals surface area contributed by atoms with Crippen molar-refractivity contribution in [1.82, 2.24) is 0 Å². The van der Waals surface area contributed by atoms with Gasteiger partial charge in [-0.1, -0.05) is 0 Å². The maximum atomic E-state index is 11.2. The number of aliphatic carboxylic acids is 1. The number of esters is 1. The molecule has 0 aromatic heterocycles. The Hall–Kier alpha value is -0.790. The van der Waals surface area contributed by atoms with E-state index >= 15 is 0 Å². The lowest BCUT2D eigenvalue weighted by Gasteiger charge is -2.11. The Balaban J connectivity index is 2.04. The van der Waals surface area contributed by atoms with E-state index in [4.69, 9.17) is 19.3 Å². The van der Waals surface area contributed by atoms with Gasteiger partial charge in [-0.25, -0.2) is 0 Å². The van der Waals surface area contributed by atoms with Crippen LogP contribution >= 0.6 is 12.6 Å². The molecule has 1 aliphatic rings. The summed E-state index contributed by atoms with van der Waals surface area (Å²) in [6, 6.07) is 0. The van der Waals surface area contributed by atoms with Crippen molar-refractivity contribution in [3.05, 3.63) is 0 Å². The number of rotatable bonds is 7. The summed E-state index contributed by atoms with van der Waals surface area (Å²) in [5, 5.41) is 7.52. The second kappa shape index (κ2) is 7.52. The summed E-state index contributed by atoms with van der Waals surface area (Å²) in [5.41, 5.74) is 0. The van der Waals surface area contributed by atoms with Crippen molar-refractivity contribution in [2.45, 2.75) is 24.2 Å².